The first-order valence-electron chi connectivity index (χ1n) is 10.1. The summed E-state index contributed by atoms with van der Waals surface area (Å²) in [6.45, 7) is 2.25. The van der Waals surface area contributed by atoms with E-state index in [2.05, 4.69) is 4.90 Å². The van der Waals surface area contributed by atoms with E-state index < -0.39 is 17.4 Å². The van der Waals surface area contributed by atoms with Gasteiger partial charge in [0.2, 0.25) is 0 Å². The van der Waals surface area contributed by atoms with E-state index in [9.17, 15) is 14.4 Å². The average molecular weight is 436 g/mol. The summed E-state index contributed by atoms with van der Waals surface area (Å²) in [6, 6.07) is 19.7. The Bertz CT molecular complexity index is 1120. The summed E-state index contributed by atoms with van der Waals surface area (Å²) in [7, 11) is 0. The lowest BCUT2D eigenvalue weighted by molar-refractivity contribution is -0.133. The fourth-order valence-corrected chi connectivity index (χ4v) is 3.91. The summed E-state index contributed by atoms with van der Waals surface area (Å²) in [5.41, 5.74) is 1.04. The van der Waals surface area contributed by atoms with Gasteiger partial charge in [-0.05, 0) is 42.5 Å². The molecule has 0 N–H and O–H groups in total. The Kier molecular flexibility index (Phi) is 6.18. The standard InChI is InChI=1S/C24H22ClN3O3/c25-19-11-9-18(10-12-19)23(30)22(28-13-5-4-8-21(28)29)24(31)27-16-14-26(15-17-27)20-6-2-1-3-7-20/h1-13,22H,14-17H2. The maximum Gasteiger partial charge on any atom is 0.253 e. The van der Waals surface area contributed by atoms with E-state index >= 15 is 0 Å². The van der Waals surface area contributed by atoms with Gasteiger partial charge < -0.3 is 9.80 Å². The number of ketones is 1. The van der Waals surface area contributed by atoms with Crippen LogP contribution in [-0.2, 0) is 4.79 Å². The first-order chi connectivity index (χ1) is 15.0. The van der Waals surface area contributed by atoms with Crippen LogP contribution in [0.5, 0.6) is 0 Å². The number of anilines is 1. The van der Waals surface area contributed by atoms with Crippen molar-refractivity contribution in [2.24, 2.45) is 0 Å². The Morgan fingerprint density at radius 3 is 2.10 bits per heavy atom. The number of hydrogen-bond acceptors (Lipinski definition) is 4. The summed E-state index contributed by atoms with van der Waals surface area (Å²) in [6.07, 6.45) is 1.49. The van der Waals surface area contributed by atoms with Gasteiger partial charge in [-0.2, -0.15) is 0 Å². The molecule has 4 rings (SSSR count). The zero-order valence-corrected chi connectivity index (χ0v) is 17.6. The number of piperazine rings is 1. The number of nitrogens with zero attached hydrogens (tertiary/aromatic N) is 3. The first-order valence-corrected chi connectivity index (χ1v) is 10.5. The second-order valence-corrected chi connectivity index (χ2v) is 7.80. The summed E-state index contributed by atoms with van der Waals surface area (Å²) in [5, 5.41) is 0.494. The molecular formula is C24H22ClN3O3. The SMILES string of the molecule is O=C(c1ccc(Cl)cc1)C(C(=O)N1CCN(c2ccccc2)CC1)n1ccccc1=O. The molecular weight excluding hydrogens is 414 g/mol. The highest BCUT2D eigenvalue weighted by molar-refractivity contribution is 6.30. The number of Topliss-reactive ketones (excluding diaryl/α,β-unsaturated/α-hetero) is 1. The van der Waals surface area contributed by atoms with Gasteiger partial charge in [0.25, 0.3) is 11.5 Å². The quantitative estimate of drug-likeness (QED) is 0.456. The molecule has 1 unspecified atom stereocenters. The van der Waals surface area contributed by atoms with E-state index in [0.29, 0.717) is 36.8 Å². The molecule has 2 aromatic carbocycles. The van der Waals surface area contributed by atoms with Crippen LogP contribution in [0.4, 0.5) is 5.69 Å². The predicted molar refractivity (Wildman–Crippen MR) is 121 cm³/mol. The maximum absolute atomic E-state index is 13.5. The van der Waals surface area contributed by atoms with Gasteiger partial charge >= 0.3 is 0 Å². The molecule has 7 heteroatoms. The number of carbonyl (C=O) groups is 2. The number of hydrogen-bond donors (Lipinski definition) is 0. The van der Waals surface area contributed by atoms with Crippen LogP contribution in [0.15, 0.2) is 83.8 Å². The Hall–Kier alpha value is -3.38. The van der Waals surface area contributed by atoms with Crippen molar-refractivity contribution in [2.45, 2.75) is 6.04 Å². The van der Waals surface area contributed by atoms with E-state index in [1.54, 1.807) is 41.3 Å². The lowest BCUT2D eigenvalue weighted by Crippen LogP contribution is -2.52. The van der Waals surface area contributed by atoms with E-state index in [1.165, 1.54) is 16.8 Å². The van der Waals surface area contributed by atoms with Crippen LogP contribution >= 0.6 is 11.6 Å². The summed E-state index contributed by atoms with van der Waals surface area (Å²) in [4.78, 5) is 43.1. The van der Waals surface area contributed by atoms with Gasteiger partial charge in [-0.1, -0.05) is 35.9 Å². The lowest BCUT2D eigenvalue weighted by atomic mass is 10.0. The van der Waals surface area contributed by atoms with Crippen LogP contribution in [0.2, 0.25) is 5.02 Å². The van der Waals surface area contributed by atoms with Gasteiger partial charge in [0.15, 0.2) is 11.8 Å². The Morgan fingerprint density at radius 1 is 0.806 bits per heavy atom. The van der Waals surface area contributed by atoms with Gasteiger partial charge in [-0.15, -0.1) is 0 Å². The molecule has 6 nitrogen and oxygen atoms in total. The zero-order chi connectivity index (χ0) is 21.8. The molecule has 1 aliphatic rings. The number of benzene rings is 2. The molecule has 1 saturated heterocycles. The van der Waals surface area contributed by atoms with Crippen LogP contribution in [0, 0.1) is 0 Å². The minimum Gasteiger partial charge on any atom is -0.368 e. The minimum absolute atomic E-state index is 0.335. The van der Waals surface area contributed by atoms with Crippen LogP contribution in [0.25, 0.3) is 0 Å². The van der Waals surface area contributed by atoms with Crippen molar-refractivity contribution in [3.63, 3.8) is 0 Å². The van der Waals surface area contributed by atoms with E-state index in [4.69, 9.17) is 11.6 Å². The molecule has 1 aliphatic heterocycles. The third-order valence-corrected chi connectivity index (χ3v) is 5.70. The predicted octanol–water partition coefficient (Wildman–Crippen LogP) is 3.27. The number of rotatable bonds is 5. The molecule has 0 saturated carbocycles. The van der Waals surface area contributed by atoms with Crippen LogP contribution < -0.4 is 10.5 Å². The summed E-state index contributed by atoms with van der Waals surface area (Å²) in [5.74, 6) is -0.804. The van der Waals surface area contributed by atoms with E-state index in [1.807, 2.05) is 30.3 Å². The molecule has 1 fully saturated rings. The molecule has 2 heterocycles. The Labute approximate surface area is 185 Å². The molecule has 0 radical (unpaired) electrons. The third-order valence-electron chi connectivity index (χ3n) is 5.45. The number of carbonyl (C=O) groups excluding carboxylic acids is 2. The molecule has 0 bridgehead atoms. The van der Waals surface area contributed by atoms with Gasteiger partial charge in [0.05, 0.1) is 0 Å². The van der Waals surface area contributed by atoms with Gasteiger partial charge in [-0.25, -0.2) is 0 Å². The van der Waals surface area contributed by atoms with Gasteiger partial charge in [-0.3, -0.25) is 19.0 Å². The van der Waals surface area contributed by atoms with E-state index in [-0.39, 0.29) is 5.91 Å². The number of aromatic nitrogens is 1. The number of amides is 1. The highest BCUT2D eigenvalue weighted by Gasteiger charge is 2.35. The summed E-state index contributed by atoms with van der Waals surface area (Å²) < 4.78 is 1.21. The second kappa shape index (κ2) is 9.18. The van der Waals surface area contributed by atoms with Crippen molar-refractivity contribution in [3.05, 3.63) is 99.9 Å². The minimum atomic E-state index is -1.25. The number of pyridine rings is 1. The molecule has 1 aromatic heterocycles. The normalized spacial score (nSPS) is 14.9. The van der Waals surface area contributed by atoms with Crippen molar-refractivity contribution < 1.29 is 9.59 Å². The van der Waals surface area contributed by atoms with Crippen molar-refractivity contribution >= 4 is 29.0 Å². The van der Waals surface area contributed by atoms with Gasteiger partial charge in [0, 0.05) is 54.7 Å². The topological polar surface area (TPSA) is 62.6 Å². The van der Waals surface area contributed by atoms with Crippen LogP contribution in [0.3, 0.4) is 0 Å². The molecule has 0 aliphatic carbocycles. The molecule has 3 aromatic rings. The number of halogens is 1. The Morgan fingerprint density at radius 2 is 1.45 bits per heavy atom. The number of para-hydroxylation sites is 1. The average Bonchev–Trinajstić information content (AvgIpc) is 2.81. The van der Waals surface area contributed by atoms with Crippen molar-refractivity contribution in [3.8, 4) is 0 Å². The molecule has 1 amide bonds. The van der Waals surface area contributed by atoms with Crippen LogP contribution in [-0.4, -0.2) is 47.3 Å². The van der Waals surface area contributed by atoms with Crippen LogP contribution in [0.1, 0.15) is 16.4 Å². The summed E-state index contributed by atoms with van der Waals surface area (Å²) >= 11 is 5.94. The largest absolute Gasteiger partial charge is 0.368 e. The fraction of sp³-hybridized carbons (Fsp3) is 0.208. The smallest absolute Gasteiger partial charge is 0.253 e. The second-order valence-electron chi connectivity index (χ2n) is 7.37. The van der Waals surface area contributed by atoms with Gasteiger partial charge in [0.1, 0.15) is 0 Å². The molecule has 0 spiro atoms. The Balaban J connectivity index is 1.59. The highest BCUT2D eigenvalue weighted by Crippen LogP contribution is 2.21. The maximum atomic E-state index is 13.5. The van der Waals surface area contributed by atoms with Crippen molar-refractivity contribution in [2.75, 3.05) is 31.1 Å². The third kappa shape index (κ3) is 4.54. The van der Waals surface area contributed by atoms with Crippen molar-refractivity contribution in [1.82, 2.24) is 9.47 Å². The molecule has 1 atom stereocenters. The fourth-order valence-electron chi connectivity index (χ4n) is 3.78. The highest BCUT2D eigenvalue weighted by atomic mass is 35.5. The van der Waals surface area contributed by atoms with Crippen molar-refractivity contribution in [1.29, 1.82) is 0 Å². The zero-order valence-electron chi connectivity index (χ0n) is 16.9. The lowest BCUT2D eigenvalue weighted by Gasteiger charge is -2.37. The monoisotopic (exact) mass is 435 g/mol. The first kappa shape index (κ1) is 20.9. The van der Waals surface area contributed by atoms with E-state index in [0.717, 1.165) is 5.69 Å². The molecule has 158 valence electrons. The molecule has 31 heavy (non-hydrogen) atoms.